The molecule has 0 radical (unpaired) electrons. The number of pyridine rings is 1. The minimum Gasteiger partial charge on any atom is -0.484 e. The van der Waals surface area contributed by atoms with Crippen LogP contribution in [0.4, 0.5) is 48.2 Å². The fourth-order valence-corrected chi connectivity index (χ4v) is 3.96. The number of nitrogens with one attached hydrogen (secondary N) is 1. The van der Waals surface area contributed by atoms with Gasteiger partial charge in [-0.1, -0.05) is 23.2 Å². The zero-order chi connectivity index (χ0) is 28.0. The van der Waals surface area contributed by atoms with Crippen molar-refractivity contribution in [3.63, 3.8) is 0 Å². The maximum absolute atomic E-state index is 13.8. The van der Waals surface area contributed by atoms with E-state index in [0.29, 0.717) is 0 Å². The van der Waals surface area contributed by atoms with Gasteiger partial charge in [-0.25, -0.2) is 14.4 Å². The first-order chi connectivity index (χ1) is 17.6. The summed E-state index contributed by atoms with van der Waals surface area (Å²) < 4.78 is 99.0. The topological polar surface area (TPSA) is 55.2 Å². The van der Waals surface area contributed by atoms with Crippen molar-refractivity contribution < 1.29 is 35.5 Å². The van der Waals surface area contributed by atoms with E-state index in [1.165, 1.54) is 37.2 Å². The summed E-state index contributed by atoms with van der Waals surface area (Å²) in [6, 6.07) is 7.20. The monoisotopic (exact) mass is 581 g/mol. The van der Waals surface area contributed by atoms with E-state index in [-0.39, 0.29) is 50.1 Å². The van der Waals surface area contributed by atoms with Gasteiger partial charge in [-0.2, -0.15) is 26.3 Å². The number of anilines is 3. The number of rotatable bonds is 6. The summed E-state index contributed by atoms with van der Waals surface area (Å²) in [5.74, 6) is -1.46. The summed E-state index contributed by atoms with van der Waals surface area (Å²) in [6.45, 7) is -1.59. The maximum Gasteiger partial charge on any atom is 0.422 e. The smallest absolute Gasteiger partial charge is 0.422 e. The molecule has 0 atom stereocenters. The lowest BCUT2D eigenvalue weighted by atomic mass is 10.2. The number of hydrogen-bond donors (Lipinski definition) is 1. The lowest BCUT2D eigenvalue weighted by Gasteiger charge is -2.18. The Balaban J connectivity index is 1.96. The number of alkyl halides is 6. The number of fused-ring (bicyclic) bond motifs is 1. The quantitative estimate of drug-likeness (QED) is 0.237. The number of imidazole rings is 1. The van der Waals surface area contributed by atoms with Crippen molar-refractivity contribution in [3.8, 4) is 11.6 Å². The standard InChI is InChI=1S/C23H16Cl2F7N5O/c1-36(2)18-5-11(23(30,31)32)6-19(34-18)37-17-9-13(38-10-22(27,28)29)3-4-16(17)33-21(37)35-20-14(24)7-12(26)8-15(20)25/h3-9H,10H2,1-2H3,(H,33,35). The molecular weight excluding hydrogens is 566 g/mol. The summed E-state index contributed by atoms with van der Waals surface area (Å²) in [5, 5.41) is 2.46. The molecule has 0 aliphatic rings. The second-order valence-electron chi connectivity index (χ2n) is 8.16. The van der Waals surface area contributed by atoms with Crippen molar-refractivity contribution in [2.24, 2.45) is 0 Å². The van der Waals surface area contributed by atoms with E-state index in [1.807, 2.05) is 0 Å². The van der Waals surface area contributed by atoms with E-state index in [9.17, 15) is 30.7 Å². The Morgan fingerprint density at radius 2 is 1.61 bits per heavy atom. The number of benzene rings is 2. The van der Waals surface area contributed by atoms with Crippen LogP contribution in [-0.4, -0.2) is 41.4 Å². The Bertz CT molecular complexity index is 1480. The number of hydrogen-bond acceptors (Lipinski definition) is 5. The van der Waals surface area contributed by atoms with Crippen molar-refractivity contribution in [1.82, 2.24) is 14.5 Å². The first-order valence-corrected chi connectivity index (χ1v) is 11.3. The molecule has 1 N–H and O–H groups in total. The predicted molar refractivity (Wildman–Crippen MR) is 129 cm³/mol. The van der Waals surface area contributed by atoms with Crippen molar-refractivity contribution in [2.75, 3.05) is 30.9 Å². The molecule has 0 saturated heterocycles. The molecule has 4 aromatic rings. The van der Waals surface area contributed by atoms with Crippen LogP contribution in [0.25, 0.3) is 16.9 Å². The molecule has 15 heteroatoms. The highest BCUT2D eigenvalue weighted by atomic mass is 35.5. The fourth-order valence-electron chi connectivity index (χ4n) is 3.41. The molecule has 202 valence electrons. The van der Waals surface area contributed by atoms with E-state index in [4.69, 9.17) is 27.9 Å². The van der Waals surface area contributed by atoms with E-state index >= 15 is 0 Å². The van der Waals surface area contributed by atoms with Crippen LogP contribution in [0.2, 0.25) is 10.0 Å². The van der Waals surface area contributed by atoms with E-state index in [0.717, 1.165) is 28.8 Å². The highest BCUT2D eigenvalue weighted by Crippen LogP contribution is 2.38. The molecular formula is C23H16Cl2F7N5O. The van der Waals surface area contributed by atoms with Gasteiger partial charge in [0.15, 0.2) is 6.61 Å². The molecule has 0 spiro atoms. The molecule has 6 nitrogen and oxygen atoms in total. The Kier molecular flexibility index (Phi) is 7.28. The Morgan fingerprint density at radius 1 is 0.947 bits per heavy atom. The molecule has 0 aliphatic carbocycles. The molecule has 0 saturated carbocycles. The van der Waals surface area contributed by atoms with Gasteiger partial charge >= 0.3 is 12.4 Å². The normalized spacial score (nSPS) is 12.2. The molecule has 2 aromatic heterocycles. The lowest BCUT2D eigenvalue weighted by molar-refractivity contribution is -0.153. The van der Waals surface area contributed by atoms with E-state index < -0.39 is 30.3 Å². The molecule has 38 heavy (non-hydrogen) atoms. The molecule has 2 heterocycles. The average molecular weight is 582 g/mol. The summed E-state index contributed by atoms with van der Waals surface area (Å²) >= 11 is 12.2. The molecule has 0 amide bonds. The molecule has 0 unspecified atom stereocenters. The van der Waals surface area contributed by atoms with Crippen molar-refractivity contribution in [1.29, 1.82) is 0 Å². The van der Waals surface area contributed by atoms with Crippen LogP contribution >= 0.6 is 23.2 Å². The van der Waals surface area contributed by atoms with Gasteiger partial charge in [0.25, 0.3) is 0 Å². The van der Waals surface area contributed by atoms with Gasteiger partial charge in [-0.3, -0.25) is 4.57 Å². The molecule has 4 rings (SSSR count). The van der Waals surface area contributed by atoms with Crippen LogP contribution in [0.15, 0.2) is 42.5 Å². The zero-order valence-electron chi connectivity index (χ0n) is 19.3. The van der Waals surface area contributed by atoms with Gasteiger partial charge in [-0.15, -0.1) is 0 Å². The second kappa shape index (κ2) is 10.0. The third-order valence-electron chi connectivity index (χ3n) is 5.09. The van der Waals surface area contributed by atoms with Crippen LogP contribution in [0, 0.1) is 5.82 Å². The minimum atomic E-state index is -4.75. The van der Waals surface area contributed by atoms with E-state index in [1.54, 1.807) is 0 Å². The number of halogens is 9. The van der Waals surface area contributed by atoms with Crippen LogP contribution in [0.5, 0.6) is 5.75 Å². The van der Waals surface area contributed by atoms with Gasteiger partial charge in [0, 0.05) is 20.2 Å². The Morgan fingerprint density at radius 3 is 2.18 bits per heavy atom. The number of nitrogens with zero attached hydrogens (tertiary/aromatic N) is 4. The first kappa shape index (κ1) is 27.6. The fraction of sp³-hybridized carbons (Fsp3) is 0.217. The lowest BCUT2D eigenvalue weighted by Crippen LogP contribution is -2.19. The Hall–Kier alpha value is -3.45. The molecule has 0 aliphatic heterocycles. The largest absolute Gasteiger partial charge is 0.484 e. The first-order valence-electron chi connectivity index (χ1n) is 10.5. The third-order valence-corrected chi connectivity index (χ3v) is 5.68. The number of ether oxygens (including phenoxy) is 1. The van der Waals surface area contributed by atoms with Gasteiger partial charge in [0.2, 0.25) is 5.95 Å². The maximum atomic E-state index is 13.8. The summed E-state index contributed by atoms with van der Waals surface area (Å²) in [5.41, 5.74) is -0.842. The van der Waals surface area contributed by atoms with Crippen LogP contribution in [-0.2, 0) is 6.18 Å². The van der Waals surface area contributed by atoms with Gasteiger partial charge in [0.05, 0.1) is 32.3 Å². The Labute approximate surface area is 220 Å². The van der Waals surface area contributed by atoms with Crippen LogP contribution in [0.1, 0.15) is 5.56 Å². The molecule has 0 fully saturated rings. The second-order valence-corrected chi connectivity index (χ2v) is 8.97. The molecule has 2 aromatic carbocycles. The minimum absolute atomic E-state index is 0.0142. The molecule has 0 bridgehead atoms. The SMILES string of the molecule is CN(C)c1cc(C(F)(F)F)cc(-n2c(Nc3c(Cl)cc(F)cc3Cl)nc3ccc(OCC(F)(F)F)cc32)n1. The van der Waals surface area contributed by atoms with Crippen molar-refractivity contribution in [3.05, 3.63) is 63.9 Å². The van der Waals surface area contributed by atoms with Crippen molar-refractivity contribution >= 4 is 51.7 Å². The van der Waals surface area contributed by atoms with Gasteiger partial charge in [0.1, 0.15) is 23.2 Å². The predicted octanol–water partition coefficient (Wildman–Crippen LogP) is 7.64. The summed E-state index contributed by atoms with van der Waals surface area (Å²) in [7, 11) is 2.97. The van der Waals surface area contributed by atoms with Gasteiger partial charge < -0.3 is 15.0 Å². The highest BCUT2D eigenvalue weighted by Gasteiger charge is 2.33. The van der Waals surface area contributed by atoms with Crippen molar-refractivity contribution in [2.45, 2.75) is 12.4 Å². The van der Waals surface area contributed by atoms with Crippen LogP contribution < -0.4 is 15.0 Å². The number of aromatic nitrogens is 3. The van der Waals surface area contributed by atoms with Crippen LogP contribution in [0.3, 0.4) is 0 Å². The summed E-state index contributed by atoms with van der Waals surface area (Å²) in [4.78, 5) is 9.95. The third kappa shape index (κ3) is 5.99. The average Bonchev–Trinajstić information content (AvgIpc) is 3.16. The summed E-state index contributed by atoms with van der Waals surface area (Å²) in [6.07, 6.45) is -9.38. The highest BCUT2D eigenvalue weighted by molar-refractivity contribution is 6.39. The van der Waals surface area contributed by atoms with Gasteiger partial charge in [-0.05, 0) is 36.4 Å². The van der Waals surface area contributed by atoms with E-state index in [2.05, 4.69) is 15.3 Å². The zero-order valence-corrected chi connectivity index (χ0v) is 20.9.